The number of aryl methyl sites for hydroxylation is 3. The smallest absolute Gasteiger partial charge is 0.0897 e. The fraction of sp³-hybridized carbons (Fsp3) is 0.167. The van der Waals surface area contributed by atoms with Crippen LogP contribution in [0.25, 0.3) is 22.8 Å². The van der Waals surface area contributed by atoms with Crippen molar-refractivity contribution in [2.45, 2.75) is 20.7 Å². The van der Waals surface area contributed by atoms with Crippen LogP contribution in [0, 0.1) is 20.7 Å². The molecule has 3 aromatic rings. The highest BCUT2D eigenvalue weighted by molar-refractivity contribution is 5.63. The Hall–Kier alpha value is -2.55. The summed E-state index contributed by atoms with van der Waals surface area (Å²) < 4.78 is 7.49. The zero-order chi connectivity index (χ0) is 15.5. The van der Waals surface area contributed by atoms with E-state index in [1.807, 2.05) is 50.2 Å². The predicted octanol–water partition coefficient (Wildman–Crippen LogP) is 4.13. The van der Waals surface area contributed by atoms with Crippen molar-refractivity contribution in [2.75, 3.05) is 0 Å². The first-order valence-corrected chi connectivity index (χ1v) is 6.82. The molecule has 0 unspecified atom stereocenters. The standard InChI is InChI=1S/C18H17N3/c1-12-4-6-19-15(8-12)17-10-14(3)11-18(21-17)16-9-13(2)5-7-20-16/h4-11H,1-3H3/i1T. The van der Waals surface area contributed by atoms with Crippen LogP contribution in [0.15, 0.2) is 48.8 Å². The lowest BCUT2D eigenvalue weighted by atomic mass is 10.1. The van der Waals surface area contributed by atoms with E-state index in [2.05, 4.69) is 9.97 Å². The van der Waals surface area contributed by atoms with Gasteiger partial charge >= 0.3 is 0 Å². The first-order chi connectivity index (χ1) is 10.7. The highest BCUT2D eigenvalue weighted by Gasteiger charge is 2.07. The van der Waals surface area contributed by atoms with Gasteiger partial charge in [0.25, 0.3) is 0 Å². The van der Waals surface area contributed by atoms with Crippen LogP contribution in [0.1, 0.15) is 18.1 Å². The van der Waals surface area contributed by atoms with Gasteiger partial charge in [0, 0.05) is 13.8 Å². The molecule has 0 atom stereocenters. The maximum atomic E-state index is 7.49. The quantitative estimate of drug-likeness (QED) is 0.707. The first kappa shape index (κ1) is 12.2. The van der Waals surface area contributed by atoms with E-state index in [0.717, 1.165) is 39.5 Å². The molecule has 0 fully saturated rings. The number of hydrogen-bond donors (Lipinski definition) is 0. The highest BCUT2D eigenvalue weighted by atomic mass is 14.8. The Morgan fingerprint density at radius 2 is 1.24 bits per heavy atom. The Labute approximate surface area is 126 Å². The van der Waals surface area contributed by atoms with Gasteiger partial charge in [-0.25, -0.2) is 4.98 Å². The molecule has 21 heavy (non-hydrogen) atoms. The van der Waals surface area contributed by atoms with Crippen LogP contribution in [0.2, 0.25) is 0 Å². The second-order valence-electron chi connectivity index (χ2n) is 5.18. The zero-order valence-electron chi connectivity index (χ0n) is 13.2. The molecule has 0 saturated carbocycles. The minimum absolute atomic E-state index is 0.244. The van der Waals surface area contributed by atoms with E-state index in [0.29, 0.717) is 0 Å². The van der Waals surface area contributed by atoms with Crippen LogP contribution in [-0.2, 0) is 0 Å². The molecule has 3 nitrogen and oxygen atoms in total. The number of pyridine rings is 3. The summed E-state index contributed by atoms with van der Waals surface area (Å²) in [5, 5.41) is 0. The van der Waals surface area contributed by atoms with Gasteiger partial charge in [0.05, 0.1) is 22.8 Å². The molecule has 0 aliphatic carbocycles. The molecule has 0 aromatic carbocycles. The Balaban J connectivity index is 2.10. The fourth-order valence-corrected chi connectivity index (χ4v) is 2.22. The molecule has 0 N–H and O–H groups in total. The lowest BCUT2D eigenvalue weighted by Gasteiger charge is -2.07. The summed E-state index contributed by atoms with van der Waals surface area (Å²) in [7, 11) is 0. The number of hydrogen-bond acceptors (Lipinski definition) is 3. The maximum absolute atomic E-state index is 7.49. The van der Waals surface area contributed by atoms with Gasteiger partial charge in [0.1, 0.15) is 0 Å². The summed E-state index contributed by atoms with van der Waals surface area (Å²) in [4.78, 5) is 13.5. The molecule has 3 rings (SSSR count). The highest BCUT2D eigenvalue weighted by Crippen LogP contribution is 2.23. The lowest BCUT2D eigenvalue weighted by molar-refractivity contribution is 1.19. The SMILES string of the molecule is [3H]Cc1ccnc(-c2cc(C)cc(-c3cc(C)ccn3)n2)c1. The third kappa shape index (κ3) is 2.97. The summed E-state index contributed by atoms with van der Waals surface area (Å²) in [6.45, 7) is 4.33. The average molecular weight is 277 g/mol. The van der Waals surface area contributed by atoms with Crippen LogP contribution in [-0.4, -0.2) is 15.0 Å². The van der Waals surface area contributed by atoms with E-state index in [9.17, 15) is 0 Å². The molecule has 0 aliphatic heterocycles. The van der Waals surface area contributed by atoms with Gasteiger partial charge in [0.2, 0.25) is 0 Å². The Kier molecular flexibility index (Phi) is 3.17. The second-order valence-corrected chi connectivity index (χ2v) is 5.18. The number of nitrogens with zero attached hydrogens (tertiary/aromatic N) is 3. The van der Waals surface area contributed by atoms with E-state index in [-0.39, 0.29) is 6.90 Å². The summed E-state index contributed by atoms with van der Waals surface area (Å²) >= 11 is 0. The maximum Gasteiger partial charge on any atom is 0.0897 e. The molecule has 0 radical (unpaired) electrons. The van der Waals surface area contributed by atoms with E-state index in [1.165, 1.54) is 0 Å². The normalized spacial score (nSPS) is 11.2. The summed E-state index contributed by atoms with van der Waals surface area (Å²) in [5.74, 6) is 0. The van der Waals surface area contributed by atoms with Crippen molar-refractivity contribution in [3.63, 3.8) is 0 Å². The Morgan fingerprint density at radius 3 is 1.86 bits per heavy atom. The van der Waals surface area contributed by atoms with Gasteiger partial charge in [-0.3, -0.25) is 9.97 Å². The molecule has 3 heteroatoms. The van der Waals surface area contributed by atoms with Crippen molar-refractivity contribution in [3.05, 3.63) is 65.5 Å². The lowest BCUT2D eigenvalue weighted by Crippen LogP contribution is -1.94. The van der Waals surface area contributed by atoms with Gasteiger partial charge in [-0.15, -0.1) is 0 Å². The molecular formula is C18H17N3. The van der Waals surface area contributed by atoms with Crippen LogP contribution < -0.4 is 0 Å². The molecule has 0 aliphatic rings. The van der Waals surface area contributed by atoms with E-state index in [4.69, 9.17) is 6.35 Å². The number of rotatable bonds is 2. The van der Waals surface area contributed by atoms with Crippen molar-refractivity contribution in [1.82, 2.24) is 15.0 Å². The molecule has 0 saturated heterocycles. The first-order valence-electron chi connectivity index (χ1n) is 7.52. The minimum atomic E-state index is 0.244. The van der Waals surface area contributed by atoms with Crippen molar-refractivity contribution in [3.8, 4) is 22.8 Å². The zero-order valence-corrected chi connectivity index (χ0v) is 12.2. The topological polar surface area (TPSA) is 38.7 Å². The van der Waals surface area contributed by atoms with Gasteiger partial charge in [-0.05, 0) is 73.8 Å². The summed E-state index contributed by atoms with van der Waals surface area (Å²) in [6, 6.07) is 11.8. The van der Waals surface area contributed by atoms with Crippen LogP contribution in [0.4, 0.5) is 0 Å². The molecule has 3 heterocycles. The minimum Gasteiger partial charge on any atom is -0.255 e. The number of aromatic nitrogens is 3. The summed E-state index contributed by atoms with van der Waals surface area (Å²) in [6.07, 6.45) is 3.53. The molecule has 3 aromatic heterocycles. The monoisotopic (exact) mass is 277 g/mol. The van der Waals surface area contributed by atoms with Crippen molar-refractivity contribution >= 4 is 0 Å². The van der Waals surface area contributed by atoms with Gasteiger partial charge < -0.3 is 0 Å². The molecule has 0 amide bonds. The van der Waals surface area contributed by atoms with Crippen molar-refractivity contribution in [1.29, 1.82) is 0 Å². The van der Waals surface area contributed by atoms with Crippen molar-refractivity contribution in [2.24, 2.45) is 0 Å². The average Bonchev–Trinajstić information content (AvgIpc) is 2.54. The van der Waals surface area contributed by atoms with Gasteiger partial charge in [-0.1, -0.05) is 0 Å². The van der Waals surface area contributed by atoms with E-state index >= 15 is 0 Å². The van der Waals surface area contributed by atoms with E-state index in [1.54, 1.807) is 12.4 Å². The largest absolute Gasteiger partial charge is 0.255 e. The molecular weight excluding hydrogens is 258 g/mol. The molecule has 0 spiro atoms. The fourth-order valence-electron chi connectivity index (χ4n) is 2.22. The van der Waals surface area contributed by atoms with Gasteiger partial charge in [0.15, 0.2) is 0 Å². The van der Waals surface area contributed by atoms with Gasteiger partial charge in [-0.2, -0.15) is 0 Å². The van der Waals surface area contributed by atoms with E-state index < -0.39 is 0 Å². The van der Waals surface area contributed by atoms with Crippen LogP contribution in [0.3, 0.4) is 0 Å². The summed E-state index contributed by atoms with van der Waals surface area (Å²) in [5.41, 5.74) is 6.52. The second kappa shape index (κ2) is 5.44. The third-order valence-corrected chi connectivity index (χ3v) is 3.23. The van der Waals surface area contributed by atoms with Crippen LogP contribution >= 0.6 is 0 Å². The van der Waals surface area contributed by atoms with Crippen molar-refractivity contribution < 1.29 is 1.37 Å². The molecule has 104 valence electrons. The Bertz CT molecular complexity index is 815. The molecule has 0 bridgehead atoms. The Morgan fingerprint density at radius 1 is 0.714 bits per heavy atom. The third-order valence-electron chi connectivity index (χ3n) is 3.23. The van der Waals surface area contributed by atoms with Crippen LogP contribution in [0.5, 0.6) is 0 Å². The predicted molar refractivity (Wildman–Crippen MR) is 84.9 cm³/mol.